The summed E-state index contributed by atoms with van der Waals surface area (Å²) in [7, 11) is -3.35. The molecule has 5 nitrogen and oxygen atoms in total. The van der Waals surface area contributed by atoms with Gasteiger partial charge in [-0.1, -0.05) is 0 Å². The first-order valence-electron chi connectivity index (χ1n) is 7.70. The summed E-state index contributed by atoms with van der Waals surface area (Å²) in [5.41, 5.74) is -1.77. The summed E-state index contributed by atoms with van der Waals surface area (Å²) in [6, 6.07) is 2.03. The van der Waals surface area contributed by atoms with Crippen LogP contribution in [-0.4, -0.2) is 37.5 Å². The number of sulfonamides is 1. The number of anilines is 1. The molecule has 0 bridgehead atoms. The highest BCUT2D eigenvalue weighted by molar-refractivity contribution is 7.89. The molecule has 1 N–H and O–H groups in total. The second-order valence-corrected chi connectivity index (χ2v) is 8.01. The maximum atomic E-state index is 13.1. The molecule has 140 valence electrons. The summed E-state index contributed by atoms with van der Waals surface area (Å²) in [5, 5.41) is 2.19. The molecule has 1 aliphatic rings. The highest BCUT2D eigenvalue weighted by Gasteiger charge is 2.36. The van der Waals surface area contributed by atoms with Crippen molar-refractivity contribution in [2.24, 2.45) is 5.92 Å². The predicted molar refractivity (Wildman–Crippen MR) is 83.8 cm³/mol. The lowest BCUT2D eigenvalue weighted by atomic mass is 9.97. The molecule has 1 amide bonds. The van der Waals surface area contributed by atoms with Crippen LogP contribution in [0.5, 0.6) is 0 Å². The van der Waals surface area contributed by atoms with Gasteiger partial charge in [-0.3, -0.25) is 4.79 Å². The van der Waals surface area contributed by atoms with Gasteiger partial charge in [0.25, 0.3) is 0 Å². The van der Waals surface area contributed by atoms with Crippen molar-refractivity contribution in [2.75, 3.05) is 24.2 Å². The van der Waals surface area contributed by atoms with Crippen LogP contribution in [0.3, 0.4) is 0 Å². The van der Waals surface area contributed by atoms with E-state index >= 15 is 0 Å². The van der Waals surface area contributed by atoms with Crippen molar-refractivity contribution >= 4 is 21.6 Å². The molecule has 1 aromatic carbocycles. The molecule has 0 atom stereocenters. The molecule has 0 spiro atoms. The summed E-state index contributed by atoms with van der Waals surface area (Å²) in [6.45, 7) is 1.80. The first-order chi connectivity index (χ1) is 11.5. The number of alkyl halides is 3. The van der Waals surface area contributed by atoms with E-state index in [1.54, 1.807) is 0 Å². The Morgan fingerprint density at radius 1 is 1.28 bits per heavy atom. The standard InChI is InChI=1S/C15H18F4N2O3S/c1-2-25(23,24)21-7-5-10(6-8-21)14(22)20-13-4-3-11(16)9-12(13)15(17,18)19/h3-4,9-10H,2,5-8H2,1H3,(H,20,22). The zero-order valence-electron chi connectivity index (χ0n) is 13.4. The number of carbonyl (C=O) groups excluding carboxylic acids is 1. The Morgan fingerprint density at radius 3 is 2.40 bits per heavy atom. The van der Waals surface area contributed by atoms with Crippen molar-refractivity contribution in [3.63, 3.8) is 0 Å². The van der Waals surface area contributed by atoms with E-state index in [0.717, 1.165) is 12.1 Å². The first kappa shape index (κ1) is 19.6. The number of nitrogens with one attached hydrogen (secondary N) is 1. The van der Waals surface area contributed by atoms with Gasteiger partial charge >= 0.3 is 6.18 Å². The molecule has 1 heterocycles. The third-order valence-corrected chi connectivity index (χ3v) is 6.01. The number of hydrogen-bond donors (Lipinski definition) is 1. The number of benzene rings is 1. The van der Waals surface area contributed by atoms with Crippen LogP contribution < -0.4 is 5.32 Å². The SMILES string of the molecule is CCS(=O)(=O)N1CCC(C(=O)Nc2ccc(F)cc2C(F)(F)F)CC1. The lowest BCUT2D eigenvalue weighted by molar-refractivity contribution is -0.137. The van der Waals surface area contributed by atoms with Crippen LogP contribution in [-0.2, 0) is 21.0 Å². The number of amides is 1. The monoisotopic (exact) mass is 382 g/mol. The summed E-state index contributed by atoms with van der Waals surface area (Å²) in [5.74, 6) is -2.34. The minimum Gasteiger partial charge on any atom is -0.325 e. The topological polar surface area (TPSA) is 66.5 Å². The Hall–Kier alpha value is -1.68. The van der Waals surface area contributed by atoms with E-state index in [0.29, 0.717) is 6.07 Å². The number of halogens is 4. The van der Waals surface area contributed by atoms with E-state index in [1.807, 2.05) is 0 Å². The molecule has 25 heavy (non-hydrogen) atoms. The van der Waals surface area contributed by atoms with Crippen molar-refractivity contribution in [1.82, 2.24) is 4.31 Å². The van der Waals surface area contributed by atoms with Gasteiger partial charge in [0, 0.05) is 19.0 Å². The molecule has 0 radical (unpaired) electrons. The molecule has 1 aliphatic heterocycles. The Labute approximate surface area is 143 Å². The van der Waals surface area contributed by atoms with Gasteiger partial charge in [-0.05, 0) is 38.0 Å². The fraction of sp³-hybridized carbons (Fsp3) is 0.533. The summed E-state index contributed by atoms with van der Waals surface area (Å²) >= 11 is 0. The van der Waals surface area contributed by atoms with E-state index < -0.39 is 45.1 Å². The molecule has 1 aromatic rings. The van der Waals surface area contributed by atoms with Crippen molar-refractivity contribution < 1.29 is 30.8 Å². The second kappa shape index (κ2) is 7.28. The number of piperidine rings is 1. The van der Waals surface area contributed by atoms with Crippen LogP contribution in [0.4, 0.5) is 23.2 Å². The van der Waals surface area contributed by atoms with E-state index in [1.165, 1.54) is 11.2 Å². The van der Waals surface area contributed by atoms with E-state index in [4.69, 9.17) is 0 Å². The molecule has 0 aliphatic carbocycles. The summed E-state index contributed by atoms with van der Waals surface area (Å²) in [6.07, 6.45) is -4.37. The quantitative estimate of drug-likeness (QED) is 0.815. The van der Waals surface area contributed by atoms with Gasteiger partial charge in [-0.2, -0.15) is 13.2 Å². The van der Waals surface area contributed by atoms with Gasteiger partial charge in [0.1, 0.15) is 5.82 Å². The van der Waals surface area contributed by atoms with Gasteiger partial charge in [0.15, 0.2) is 0 Å². The minimum atomic E-state index is -4.80. The average molecular weight is 382 g/mol. The molecular weight excluding hydrogens is 364 g/mol. The van der Waals surface area contributed by atoms with Crippen molar-refractivity contribution in [2.45, 2.75) is 25.9 Å². The molecule has 1 saturated heterocycles. The van der Waals surface area contributed by atoms with Crippen molar-refractivity contribution in [1.29, 1.82) is 0 Å². The van der Waals surface area contributed by atoms with Crippen LogP contribution in [0.15, 0.2) is 18.2 Å². The van der Waals surface area contributed by atoms with Crippen molar-refractivity contribution in [3.8, 4) is 0 Å². The zero-order chi connectivity index (χ0) is 18.8. The van der Waals surface area contributed by atoms with Gasteiger partial charge in [0.05, 0.1) is 17.0 Å². The molecule has 10 heteroatoms. The molecule has 0 saturated carbocycles. The second-order valence-electron chi connectivity index (χ2n) is 5.75. The van der Waals surface area contributed by atoms with Crippen LogP contribution in [0, 0.1) is 11.7 Å². The Bertz CT molecular complexity index is 742. The van der Waals surface area contributed by atoms with E-state index in [2.05, 4.69) is 5.32 Å². The number of rotatable bonds is 4. The van der Waals surface area contributed by atoms with Crippen LogP contribution >= 0.6 is 0 Å². The van der Waals surface area contributed by atoms with Gasteiger partial charge in [-0.15, -0.1) is 0 Å². The number of carbonyl (C=O) groups is 1. The van der Waals surface area contributed by atoms with E-state index in [9.17, 15) is 30.8 Å². The minimum absolute atomic E-state index is 0.0472. The Balaban J connectivity index is 2.07. The predicted octanol–water partition coefficient (Wildman–Crippen LogP) is 2.84. The smallest absolute Gasteiger partial charge is 0.325 e. The zero-order valence-corrected chi connectivity index (χ0v) is 14.3. The van der Waals surface area contributed by atoms with E-state index in [-0.39, 0.29) is 31.7 Å². The maximum Gasteiger partial charge on any atom is 0.418 e. The molecular formula is C15H18F4N2O3S. The third-order valence-electron chi connectivity index (χ3n) is 4.13. The van der Waals surface area contributed by atoms with Gasteiger partial charge in [0.2, 0.25) is 15.9 Å². The summed E-state index contributed by atoms with van der Waals surface area (Å²) < 4.78 is 76.8. The third kappa shape index (κ3) is 4.69. The van der Waals surface area contributed by atoms with Crippen LogP contribution in [0.2, 0.25) is 0 Å². The Morgan fingerprint density at radius 2 is 1.88 bits per heavy atom. The number of nitrogens with zero attached hydrogens (tertiary/aromatic N) is 1. The molecule has 0 unspecified atom stereocenters. The average Bonchev–Trinajstić information content (AvgIpc) is 2.55. The Kier molecular flexibility index (Phi) is 5.72. The largest absolute Gasteiger partial charge is 0.418 e. The fourth-order valence-corrected chi connectivity index (χ4v) is 3.81. The highest BCUT2D eigenvalue weighted by atomic mass is 32.2. The van der Waals surface area contributed by atoms with Crippen LogP contribution in [0.1, 0.15) is 25.3 Å². The lowest BCUT2D eigenvalue weighted by Crippen LogP contribution is -2.42. The molecule has 2 rings (SSSR count). The van der Waals surface area contributed by atoms with Gasteiger partial charge in [-0.25, -0.2) is 17.1 Å². The van der Waals surface area contributed by atoms with Crippen LogP contribution in [0.25, 0.3) is 0 Å². The molecule has 0 aromatic heterocycles. The van der Waals surface area contributed by atoms with Gasteiger partial charge < -0.3 is 5.32 Å². The fourth-order valence-electron chi connectivity index (χ4n) is 2.67. The number of hydrogen-bond acceptors (Lipinski definition) is 3. The lowest BCUT2D eigenvalue weighted by Gasteiger charge is -2.30. The highest BCUT2D eigenvalue weighted by Crippen LogP contribution is 2.35. The first-order valence-corrected chi connectivity index (χ1v) is 9.31. The molecule has 1 fully saturated rings. The van der Waals surface area contributed by atoms with Crippen molar-refractivity contribution in [3.05, 3.63) is 29.6 Å². The summed E-state index contributed by atoms with van der Waals surface area (Å²) in [4.78, 5) is 12.2. The maximum absolute atomic E-state index is 13.1. The normalized spacial score (nSPS) is 17.5.